The number of aromatic nitrogens is 1. The molecule has 0 aliphatic carbocycles. The van der Waals surface area contributed by atoms with Crippen LogP contribution >= 0.6 is 11.6 Å². The van der Waals surface area contributed by atoms with Crippen LogP contribution in [0, 0.1) is 0 Å². The molecule has 2 rings (SSSR count). The van der Waals surface area contributed by atoms with Gasteiger partial charge in [-0.15, -0.1) is 0 Å². The third-order valence-electron chi connectivity index (χ3n) is 2.81. The molecule has 22 heavy (non-hydrogen) atoms. The van der Waals surface area contributed by atoms with E-state index >= 15 is 0 Å². The fraction of sp³-hybridized carbons (Fsp3) is 0.462. The molecule has 1 aromatic heterocycles. The number of rotatable bonds is 3. The number of ether oxygens (including phenoxy) is 1. The second kappa shape index (κ2) is 8.52. The highest BCUT2D eigenvalue weighted by Gasteiger charge is 2.19. The van der Waals surface area contributed by atoms with E-state index in [-0.39, 0.29) is 0 Å². The minimum atomic E-state index is -1.82. The number of aliphatic carboxylic acids is 2. The average Bonchev–Trinajstić information content (AvgIpc) is 2.91. The summed E-state index contributed by atoms with van der Waals surface area (Å²) < 4.78 is 10.1. The van der Waals surface area contributed by atoms with Crippen LogP contribution in [0.5, 0.6) is 0 Å². The van der Waals surface area contributed by atoms with Crippen LogP contribution in [0.4, 0.5) is 0 Å². The van der Waals surface area contributed by atoms with Gasteiger partial charge in [-0.05, 0) is 13.5 Å². The Hall–Kier alpha value is -1.90. The molecule has 0 saturated carbocycles. The minimum Gasteiger partial charge on any atom is -0.473 e. The smallest absolute Gasteiger partial charge is 0.414 e. The van der Waals surface area contributed by atoms with E-state index in [4.69, 9.17) is 40.7 Å². The molecule has 0 aromatic carbocycles. The number of halogens is 1. The van der Waals surface area contributed by atoms with Crippen molar-refractivity contribution >= 4 is 29.1 Å². The van der Waals surface area contributed by atoms with Crippen LogP contribution in [0.3, 0.4) is 0 Å². The summed E-state index contributed by atoms with van der Waals surface area (Å²) >= 11 is 6.21. The van der Waals surface area contributed by atoms with Crippen LogP contribution in [0.25, 0.3) is 5.57 Å². The Kier molecular flexibility index (Phi) is 7.03. The number of likely N-dealkylation sites (N-methyl/N-ethyl adjacent to an activating group) is 1. The van der Waals surface area contributed by atoms with Crippen molar-refractivity contribution in [1.82, 2.24) is 10.1 Å². The van der Waals surface area contributed by atoms with Gasteiger partial charge in [0.05, 0.1) is 0 Å². The number of hydrogen-bond donors (Lipinski definition) is 2. The highest BCUT2D eigenvalue weighted by Crippen LogP contribution is 2.28. The van der Waals surface area contributed by atoms with Crippen LogP contribution in [0.1, 0.15) is 17.9 Å². The second-order valence-corrected chi connectivity index (χ2v) is 5.05. The summed E-state index contributed by atoms with van der Waals surface area (Å²) in [5, 5.41) is 19.7. The van der Waals surface area contributed by atoms with Crippen molar-refractivity contribution in [2.24, 2.45) is 0 Å². The summed E-state index contributed by atoms with van der Waals surface area (Å²) in [5.74, 6) is -2.92. The maximum absolute atomic E-state index is 9.10. The van der Waals surface area contributed by atoms with E-state index in [1.54, 1.807) is 7.11 Å². The number of nitrogens with zero attached hydrogens (tertiary/aromatic N) is 2. The van der Waals surface area contributed by atoms with Crippen LogP contribution in [-0.4, -0.2) is 59.5 Å². The zero-order chi connectivity index (χ0) is 16.7. The van der Waals surface area contributed by atoms with Crippen molar-refractivity contribution in [3.63, 3.8) is 0 Å². The molecule has 2 heterocycles. The Labute approximate surface area is 131 Å². The zero-order valence-corrected chi connectivity index (χ0v) is 13.0. The number of carboxylic acids is 2. The lowest BCUT2D eigenvalue weighted by atomic mass is 10.1. The topological polar surface area (TPSA) is 113 Å². The van der Waals surface area contributed by atoms with Crippen LogP contribution in [0.2, 0.25) is 0 Å². The number of carboxylic acid groups (broad SMARTS) is 2. The highest BCUT2D eigenvalue weighted by molar-refractivity contribution is 6.32. The minimum absolute atomic E-state index is 0.438. The van der Waals surface area contributed by atoms with E-state index in [0.717, 1.165) is 41.6 Å². The van der Waals surface area contributed by atoms with Gasteiger partial charge >= 0.3 is 11.9 Å². The van der Waals surface area contributed by atoms with Gasteiger partial charge in [-0.2, -0.15) is 0 Å². The van der Waals surface area contributed by atoms with Crippen molar-refractivity contribution in [3.05, 3.63) is 22.6 Å². The van der Waals surface area contributed by atoms with Crippen LogP contribution in [0.15, 0.2) is 15.6 Å². The molecular formula is C13H17ClN2O6. The zero-order valence-electron chi connectivity index (χ0n) is 12.2. The van der Waals surface area contributed by atoms with Crippen molar-refractivity contribution < 1.29 is 29.1 Å². The lowest BCUT2D eigenvalue weighted by Gasteiger charge is -2.23. The van der Waals surface area contributed by atoms with Gasteiger partial charge in [-0.25, -0.2) is 9.59 Å². The summed E-state index contributed by atoms with van der Waals surface area (Å²) in [6.07, 6.45) is 0.875. The first-order chi connectivity index (χ1) is 10.3. The molecule has 0 amide bonds. The van der Waals surface area contributed by atoms with E-state index in [1.807, 2.05) is 6.07 Å². The highest BCUT2D eigenvalue weighted by atomic mass is 35.5. The van der Waals surface area contributed by atoms with Crippen molar-refractivity contribution in [1.29, 1.82) is 0 Å². The van der Waals surface area contributed by atoms with E-state index in [1.165, 1.54) is 0 Å². The van der Waals surface area contributed by atoms with Gasteiger partial charge in [0.15, 0.2) is 5.76 Å². The SMILES string of the molecule is COCc1cc(C2=C(Cl)CCN(C)C2)no1.O=C(O)C(=O)O. The van der Waals surface area contributed by atoms with E-state index in [2.05, 4.69) is 17.1 Å². The number of carbonyl (C=O) groups is 2. The first-order valence-corrected chi connectivity index (χ1v) is 6.70. The molecule has 1 aliphatic heterocycles. The summed E-state index contributed by atoms with van der Waals surface area (Å²) in [7, 11) is 3.70. The molecule has 8 nitrogen and oxygen atoms in total. The van der Waals surface area contributed by atoms with Crippen LogP contribution in [-0.2, 0) is 20.9 Å². The fourth-order valence-corrected chi connectivity index (χ4v) is 2.00. The van der Waals surface area contributed by atoms with Gasteiger partial charge in [-0.1, -0.05) is 16.8 Å². The molecule has 0 bridgehead atoms. The largest absolute Gasteiger partial charge is 0.473 e. The Bertz CT molecular complexity index is 557. The van der Waals surface area contributed by atoms with Crippen LogP contribution < -0.4 is 0 Å². The maximum Gasteiger partial charge on any atom is 0.414 e. The Morgan fingerprint density at radius 1 is 1.45 bits per heavy atom. The maximum atomic E-state index is 9.10. The van der Waals surface area contributed by atoms with E-state index in [9.17, 15) is 0 Å². The van der Waals surface area contributed by atoms with Crippen molar-refractivity contribution in [2.75, 3.05) is 27.2 Å². The summed E-state index contributed by atoms with van der Waals surface area (Å²) in [4.78, 5) is 20.4. The second-order valence-electron chi connectivity index (χ2n) is 4.59. The Morgan fingerprint density at radius 3 is 2.64 bits per heavy atom. The molecule has 1 aliphatic rings. The molecule has 0 fully saturated rings. The van der Waals surface area contributed by atoms with Gasteiger partial charge in [0, 0.05) is 36.9 Å². The van der Waals surface area contributed by atoms with Gasteiger partial charge in [0.2, 0.25) is 0 Å². The standard InChI is InChI=1S/C11H15ClN2O2.C2H2O4/c1-14-4-3-10(12)9(6-14)11-5-8(7-15-2)16-13-11;3-1(4)2(5)6/h5H,3-4,6-7H2,1-2H3;(H,3,4)(H,5,6). The molecule has 122 valence electrons. The monoisotopic (exact) mass is 332 g/mol. The number of hydrogen-bond acceptors (Lipinski definition) is 6. The molecule has 0 atom stereocenters. The van der Waals surface area contributed by atoms with Gasteiger partial charge in [-0.3, -0.25) is 0 Å². The van der Waals surface area contributed by atoms with E-state index < -0.39 is 11.9 Å². The predicted molar refractivity (Wildman–Crippen MR) is 77.4 cm³/mol. The molecule has 0 unspecified atom stereocenters. The molecule has 9 heteroatoms. The number of methoxy groups -OCH3 is 1. The van der Waals surface area contributed by atoms with Gasteiger partial charge in [0.25, 0.3) is 0 Å². The molecule has 2 N–H and O–H groups in total. The van der Waals surface area contributed by atoms with Crippen molar-refractivity contribution in [2.45, 2.75) is 13.0 Å². The Morgan fingerprint density at radius 2 is 2.09 bits per heavy atom. The third-order valence-corrected chi connectivity index (χ3v) is 3.22. The predicted octanol–water partition coefficient (Wildman–Crippen LogP) is 1.26. The normalized spacial score (nSPS) is 15.2. The summed E-state index contributed by atoms with van der Waals surface area (Å²) in [6, 6.07) is 1.89. The lowest BCUT2D eigenvalue weighted by Crippen LogP contribution is -2.26. The molecule has 1 aromatic rings. The lowest BCUT2D eigenvalue weighted by molar-refractivity contribution is -0.159. The summed E-state index contributed by atoms with van der Waals surface area (Å²) in [5.41, 5.74) is 1.88. The average molecular weight is 333 g/mol. The van der Waals surface area contributed by atoms with Gasteiger partial charge in [0.1, 0.15) is 12.3 Å². The van der Waals surface area contributed by atoms with E-state index in [0.29, 0.717) is 6.61 Å². The first-order valence-electron chi connectivity index (χ1n) is 6.32. The summed E-state index contributed by atoms with van der Waals surface area (Å²) in [6.45, 7) is 2.25. The van der Waals surface area contributed by atoms with Gasteiger partial charge < -0.3 is 24.4 Å². The fourth-order valence-electron chi connectivity index (χ4n) is 1.76. The van der Waals surface area contributed by atoms with Crippen molar-refractivity contribution in [3.8, 4) is 0 Å². The third kappa shape index (κ3) is 5.47. The molecule has 0 spiro atoms. The first kappa shape index (κ1) is 18.1. The molecular weight excluding hydrogens is 316 g/mol. The quantitative estimate of drug-likeness (QED) is 0.795. The Balaban J connectivity index is 0.000000346. The molecule has 0 radical (unpaired) electrons. The molecule has 0 saturated heterocycles.